The van der Waals surface area contributed by atoms with Crippen LogP contribution < -0.4 is 5.32 Å². The van der Waals surface area contributed by atoms with Gasteiger partial charge in [0.1, 0.15) is 5.82 Å². The maximum Gasteiger partial charge on any atom is 0.251 e. The van der Waals surface area contributed by atoms with Gasteiger partial charge in [0.25, 0.3) is 5.91 Å². The van der Waals surface area contributed by atoms with E-state index in [2.05, 4.69) is 20.2 Å². The number of benzene rings is 2. The Bertz CT molecular complexity index is 1180. The van der Waals surface area contributed by atoms with E-state index in [4.69, 9.17) is 0 Å². The van der Waals surface area contributed by atoms with Gasteiger partial charge in [0.05, 0.1) is 22.0 Å². The van der Waals surface area contributed by atoms with Crippen LogP contribution in [-0.4, -0.2) is 66.7 Å². The molecule has 1 fully saturated rings. The van der Waals surface area contributed by atoms with E-state index < -0.39 is 10.0 Å². The number of carbonyl (C=O) groups is 1. The highest BCUT2D eigenvalue weighted by molar-refractivity contribution is 7.89. The molecule has 4 rings (SSSR count). The Balaban J connectivity index is 1.56. The molecule has 2 heterocycles. The van der Waals surface area contributed by atoms with Crippen LogP contribution in [0.5, 0.6) is 0 Å². The molecule has 1 aliphatic heterocycles. The average molecular weight is 456 g/mol. The van der Waals surface area contributed by atoms with Gasteiger partial charge in [-0.05, 0) is 43.3 Å². The SMILES string of the molecule is CC(C)[C@H](NC(=O)c1cccc(S(=O)(=O)N2CCN(C)CC2)c1)c1nc2ccccc2[nH]1. The Kier molecular flexibility index (Phi) is 6.32. The number of nitrogens with zero attached hydrogens (tertiary/aromatic N) is 3. The third kappa shape index (κ3) is 4.55. The molecule has 2 aromatic carbocycles. The molecule has 8 nitrogen and oxygen atoms in total. The van der Waals surface area contributed by atoms with E-state index in [1.54, 1.807) is 18.2 Å². The molecule has 2 N–H and O–H groups in total. The molecule has 1 atom stereocenters. The van der Waals surface area contributed by atoms with Gasteiger partial charge < -0.3 is 15.2 Å². The van der Waals surface area contributed by atoms with E-state index >= 15 is 0 Å². The van der Waals surface area contributed by atoms with Crippen molar-refractivity contribution in [1.82, 2.24) is 24.5 Å². The number of para-hydroxylation sites is 2. The van der Waals surface area contributed by atoms with E-state index in [9.17, 15) is 13.2 Å². The van der Waals surface area contributed by atoms with E-state index in [-0.39, 0.29) is 22.8 Å². The predicted octanol–water partition coefficient (Wildman–Crippen LogP) is 2.63. The Morgan fingerprint density at radius 3 is 2.47 bits per heavy atom. The maximum atomic E-state index is 13.1. The van der Waals surface area contributed by atoms with Gasteiger partial charge in [0, 0.05) is 31.7 Å². The number of H-pyrrole nitrogens is 1. The topological polar surface area (TPSA) is 98.4 Å². The van der Waals surface area contributed by atoms with Crippen LogP contribution in [0.4, 0.5) is 0 Å². The van der Waals surface area contributed by atoms with Crippen molar-refractivity contribution in [2.24, 2.45) is 5.92 Å². The Labute approximate surface area is 188 Å². The van der Waals surface area contributed by atoms with Gasteiger partial charge in [0.2, 0.25) is 10.0 Å². The second kappa shape index (κ2) is 9.01. The molecule has 0 aliphatic carbocycles. The summed E-state index contributed by atoms with van der Waals surface area (Å²) in [4.78, 5) is 23.2. The highest BCUT2D eigenvalue weighted by Crippen LogP contribution is 2.24. The molecule has 1 aliphatic rings. The van der Waals surface area contributed by atoms with Gasteiger partial charge >= 0.3 is 0 Å². The molecule has 9 heteroatoms. The lowest BCUT2D eigenvalue weighted by Gasteiger charge is -2.31. The molecule has 1 amide bonds. The molecule has 0 unspecified atom stereocenters. The third-order valence-electron chi connectivity index (χ3n) is 5.85. The van der Waals surface area contributed by atoms with Gasteiger partial charge in [-0.25, -0.2) is 13.4 Å². The third-order valence-corrected chi connectivity index (χ3v) is 7.75. The molecule has 170 valence electrons. The molecule has 32 heavy (non-hydrogen) atoms. The fourth-order valence-corrected chi connectivity index (χ4v) is 5.34. The summed E-state index contributed by atoms with van der Waals surface area (Å²) in [5, 5.41) is 3.03. The first kappa shape index (κ1) is 22.4. The highest BCUT2D eigenvalue weighted by Gasteiger charge is 2.28. The van der Waals surface area contributed by atoms with Gasteiger partial charge in [-0.15, -0.1) is 0 Å². The van der Waals surface area contributed by atoms with Crippen LogP contribution in [0.1, 0.15) is 36.1 Å². The average Bonchev–Trinajstić information content (AvgIpc) is 3.21. The van der Waals surface area contributed by atoms with Crippen molar-refractivity contribution < 1.29 is 13.2 Å². The summed E-state index contributed by atoms with van der Waals surface area (Å²) in [6, 6.07) is 13.6. The van der Waals surface area contributed by atoms with Gasteiger partial charge in [0.15, 0.2) is 0 Å². The number of aromatic amines is 1. The number of fused-ring (bicyclic) bond motifs is 1. The molecule has 0 bridgehead atoms. The molecule has 0 spiro atoms. The van der Waals surface area contributed by atoms with Crippen LogP contribution in [0.2, 0.25) is 0 Å². The second-order valence-electron chi connectivity index (χ2n) is 8.57. The van der Waals surface area contributed by atoms with Crippen LogP contribution in [0.25, 0.3) is 11.0 Å². The lowest BCUT2D eigenvalue weighted by molar-refractivity contribution is 0.0923. The molecule has 0 saturated carbocycles. The Morgan fingerprint density at radius 2 is 1.78 bits per heavy atom. The second-order valence-corrected chi connectivity index (χ2v) is 10.5. The first-order valence-electron chi connectivity index (χ1n) is 10.8. The monoisotopic (exact) mass is 455 g/mol. The first-order valence-corrected chi connectivity index (χ1v) is 12.2. The van der Waals surface area contributed by atoms with Crippen molar-refractivity contribution in [2.75, 3.05) is 33.2 Å². The molecule has 1 saturated heterocycles. The minimum absolute atomic E-state index is 0.0803. The first-order chi connectivity index (χ1) is 15.3. The normalized spacial score (nSPS) is 17.0. The number of aromatic nitrogens is 2. The molecular weight excluding hydrogens is 426 g/mol. The summed E-state index contributed by atoms with van der Waals surface area (Å²) >= 11 is 0. The Morgan fingerprint density at radius 1 is 1.06 bits per heavy atom. The fraction of sp³-hybridized carbons (Fsp3) is 0.391. The summed E-state index contributed by atoms with van der Waals surface area (Å²) in [5.41, 5.74) is 2.05. The number of likely N-dealkylation sites (N-methyl/N-ethyl adjacent to an activating group) is 1. The summed E-state index contributed by atoms with van der Waals surface area (Å²) < 4.78 is 27.6. The number of piperazine rings is 1. The van der Waals surface area contributed by atoms with Gasteiger partial charge in [-0.1, -0.05) is 32.0 Å². The van der Waals surface area contributed by atoms with Crippen LogP contribution in [0.3, 0.4) is 0 Å². The van der Waals surface area contributed by atoms with Crippen molar-refractivity contribution in [3.8, 4) is 0 Å². The lowest BCUT2D eigenvalue weighted by Crippen LogP contribution is -2.47. The number of hydrogen-bond donors (Lipinski definition) is 2. The van der Waals surface area contributed by atoms with Gasteiger partial charge in [-0.2, -0.15) is 4.31 Å². The van der Waals surface area contributed by atoms with E-state index in [0.717, 1.165) is 11.0 Å². The minimum atomic E-state index is -3.65. The predicted molar refractivity (Wildman–Crippen MR) is 124 cm³/mol. The number of amides is 1. The summed E-state index contributed by atoms with van der Waals surface area (Å²) in [6.45, 7) is 6.27. The number of sulfonamides is 1. The molecular formula is C23H29N5O3S. The van der Waals surface area contributed by atoms with E-state index in [1.807, 2.05) is 45.2 Å². The van der Waals surface area contributed by atoms with E-state index in [0.29, 0.717) is 37.6 Å². The largest absolute Gasteiger partial charge is 0.342 e. The Hall–Kier alpha value is -2.75. The van der Waals surface area contributed by atoms with E-state index in [1.165, 1.54) is 10.4 Å². The van der Waals surface area contributed by atoms with Crippen molar-refractivity contribution in [1.29, 1.82) is 0 Å². The van der Waals surface area contributed by atoms with Crippen LogP contribution >= 0.6 is 0 Å². The fourth-order valence-electron chi connectivity index (χ4n) is 3.87. The highest BCUT2D eigenvalue weighted by atomic mass is 32.2. The zero-order valence-corrected chi connectivity index (χ0v) is 19.4. The molecule has 1 aromatic heterocycles. The lowest BCUT2D eigenvalue weighted by atomic mass is 10.0. The van der Waals surface area contributed by atoms with Crippen molar-refractivity contribution >= 4 is 27.0 Å². The van der Waals surface area contributed by atoms with Crippen molar-refractivity contribution in [2.45, 2.75) is 24.8 Å². The van der Waals surface area contributed by atoms with Crippen molar-refractivity contribution in [3.63, 3.8) is 0 Å². The number of carbonyl (C=O) groups excluding carboxylic acids is 1. The summed E-state index contributed by atoms with van der Waals surface area (Å²) in [6.07, 6.45) is 0. The summed E-state index contributed by atoms with van der Waals surface area (Å²) in [5.74, 6) is 0.423. The van der Waals surface area contributed by atoms with Crippen LogP contribution in [0.15, 0.2) is 53.4 Å². The van der Waals surface area contributed by atoms with Crippen molar-refractivity contribution in [3.05, 3.63) is 59.9 Å². The van der Waals surface area contributed by atoms with Crippen LogP contribution in [0, 0.1) is 5.92 Å². The summed E-state index contributed by atoms with van der Waals surface area (Å²) in [7, 11) is -1.67. The number of nitrogens with one attached hydrogen (secondary N) is 2. The zero-order valence-electron chi connectivity index (χ0n) is 18.6. The standard InChI is InChI=1S/C23H29N5O3S/c1-16(2)21(22-24-19-9-4-5-10-20(19)25-22)26-23(29)17-7-6-8-18(15-17)32(30,31)28-13-11-27(3)12-14-28/h4-10,15-16,21H,11-14H2,1-3H3,(H,24,25)(H,26,29)/t21-/m0/s1. The number of hydrogen-bond acceptors (Lipinski definition) is 5. The minimum Gasteiger partial charge on any atom is -0.342 e. The zero-order chi connectivity index (χ0) is 22.9. The maximum absolute atomic E-state index is 13.1. The van der Waals surface area contributed by atoms with Crippen LogP contribution in [-0.2, 0) is 10.0 Å². The smallest absolute Gasteiger partial charge is 0.251 e. The number of imidazole rings is 1. The molecule has 3 aromatic rings. The molecule has 0 radical (unpaired) electrons. The number of rotatable bonds is 6. The quantitative estimate of drug-likeness (QED) is 0.595. The van der Waals surface area contributed by atoms with Gasteiger partial charge in [-0.3, -0.25) is 4.79 Å².